The maximum atomic E-state index is 13.4. The Kier molecular flexibility index (Phi) is 3.67. The van der Waals surface area contributed by atoms with Crippen LogP contribution in [0.2, 0.25) is 0 Å². The van der Waals surface area contributed by atoms with Gasteiger partial charge in [-0.15, -0.1) is 0 Å². The van der Waals surface area contributed by atoms with Crippen LogP contribution in [0.3, 0.4) is 0 Å². The van der Waals surface area contributed by atoms with Gasteiger partial charge in [0.25, 0.3) is 5.91 Å². The number of hydrogen-bond acceptors (Lipinski definition) is 1. The molecule has 0 aliphatic carbocycles. The van der Waals surface area contributed by atoms with E-state index in [4.69, 9.17) is 0 Å². The number of amides is 1. The zero-order valence-electron chi connectivity index (χ0n) is 12.6. The maximum Gasteiger partial charge on any atom is 0.257 e. The van der Waals surface area contributed by atoms with Crippen LogP contribution in [0.25, 0.3) is 10.9 Å². The van der Waals surface area contributed by atoms with Crippen molar-refractivity contribution >= 4 is 22.5 Å². The summed E-state index contributed by atoms with van der Waals surface area (Å²) in [6.45, 7) is 4.65. The molecule has 0 spiro atoms. The van der Waals surface area contributed by atoms with E-state index in [1.54, 1.807) is 6.07 Å². The van der Waals surface area contributed by atoms with Gasteiger partial charge in [-0.05, 0) is 37.6 Å². The van der Waals surface area contributed by atoms with Crippen LogP contribution in [-0.2, 0) is 6.54 Å². The Balaban J connectivity index is 2.01. The molecule has 0 fully saturated rings. The van der Waals surface area contributed by atoms with E-state index in [1.165, 1.54) is 12.1 Å². The quantitative estimate of drug-likeness (QED) is 0.765. The van der Waals surface area contributed by atoms with Gasteiger partial charge in [0.2, 0.25) is 0 Å². The topological polar surface area (TPSA) is 34.0 Å². The van der Waals surface area contributed by atoms with Crippen molar-refractivity contribution in [1.82, 2.24) is 4.57 Å². The fourth-order valence-electron chi connectivity index (χ4n) is 2.61. The number of carbonyl (C=O) groups is 1. The van der Waals surface area contributed by atoms with E-state index >= 15 is 0 Å². The van der Waals surface area contributed by atoms with E-state index in [2.05, 4.69) is 5.32 Å². The number of rotatable bonds is 3. The normalized spacial score (nSPS) is 10.9. The smallest absolute Gasteiger partial charge is 0.257 e. The number of anilines is 1. The predicted molar refractivity (Wildman–Crippen MR) is 86.7 cm³/mol. The van der Waals surface area contributed by atoms with E-state index in [0.717, 1.165) is 23.0 Å². The van der Waals surface area contributed by atoms with Gasteiger partial charge in [0.05, 0.1) is 5.56 Å². The minimum atomic E-state index is -0.364. The number of halogens is 1. The second-order valence-electron chi connectivity index (χ2n) is 5.26. The molecule has 0 aliphatic heterocycles. The maximum absolute atomic E-state index is 13.4. The monoisotopic (exact) mass is 296 g/mol. The van der Waals surface area contributed by atoms with Gasteiger partial charge in [-0.3, -0.25) is 4.79 Å². The molecule has 0 saturated heterocycles. The van der Waals surface area contributed by atoms with Crippen molar-refractivity contribution in [2.45, 2.75) is 20.4 Å². The summed E-state index contributed by atoms with van der Waals surface area (Å²) >= 11 is 0. The summed E-state index contributed by atoms with van der Waals surface area (Å²) in [5, 5.41) is 3.70. The highest BCUT2D eigenvalue weighted by Gasteiger charge is 2.15. The lowest BCUT2D eigenvalue weighted by Gasteiger charge is -2.07. The summed E-state index contributed by atoms with van der Waals surface area (Å²) in [5.74, 6) is -0.589. The Hall–Kier alpha value is -2.62. The molecule has 3 nitrogen and oxygen atoms in total. The van der Waals surface area contributed by atoms with Crippen LogP contribution in [0.15, 0.2) is 48.7 Å². The van der Waals surface area contributed by atoms with Gasteiger partial charge in [-0.2, -0.15) is 0 Å². The molecule has 112 valence electrons. The van der Waals surface area contributed by atoms with Gasteiger partial charge < -0.3 is 9.88 Å². The van der Waals surface area contributed by atoms with Gasteiger partial charge >= 0.3 is 0 Å². The van der Waals surface area contributed by atoms with Gasteiger partial charge in [0.1, 0.15) is 5.82 Å². The fraction of sp³-hybridized carbons (Fsp3) is 0.167. The van der Waals surface area contributed by atoms with Crippen LogP contribution in [0.4, 0.5) is 10.1 Å². The molecule has 0 unspecified atom stereocenters. The zero-order valence-corrected chi connectivity index (χ0v) is 12.6. The van der Waals surface area contributed by atoms with Crippen molar-refractivity contribution in [2.75, 3.05) is 5.32 Å². The molecule has 0 bridgehead atoms. The molecule has 1 N–H and O–H groups in total. The third-order valence-electron chi connectivity index (χ3n) is 3.82. The Morgan fingerprint density at radius 3 is 2.77 bits per heavy atom. The van der Waals surface area contributed by atoms with Crippen LogP contribution in [0, 0.1) is 12.7 Å². The van der Waals surface area contributed by atoms with Crippen LogP contribution in [-0.4, -0.2) is 10.5 Å². The predicted octanol–water partition coefficient (Wildman–Crippen LogP) is 4.36. The van der Waals surface area contributed by atoms with Crippen molar-refractivity contribution in [1.29, 1.82) is 0 Å². The first kappa shape index (κ1) is 14.3. The number of aryl methyl sites for hydroxylation is 2. The minimum Gasteiger partial charge on any atom is -0.347 e. The molecule has 3 aromatic rings. The Bertz CT molecular complexity index is 851. The van der Waals surface area contributed by atoms with Crippen LogP contribution in [0.1, 0.15) is 22.8 Å². The molecule has 4 heteroatoms. The standard InChI is InChI=1S/C18H17FN2O/c1-3-21-11-15(14-6-4-5-7-17(14)21)18(22)20-16-10-13(19)9-8-12(16)2/h4-11H,3H2,1-2H3,(H,20,22). The van der Waals surface area contributed by atoms with Crippen molar-refractivity contribution in [3.63, 3.8) is 0 Å². The summed E-state index contributed by atoms with van der Waals surface area (Å²) in [4.78, 5) is 12.6. The highest BCUT2D eigenvalue weighted by Crippen LogP contribution is 2.23. The average molecular weight is 296 g/mol. The molecule has 0 radical (unpaired) electrons. The largest absolute Gasteiger partial charge is 0.347 e. The fourth-order valence-corrected chi connectivity index (χ4v) is 2.61. The highest BCUT2D eigenvalue weighted by atomic mass is 19.1. The number of aromatic nitrogens is 1. The molecular weight excluding hydrogens is 279 g/mol. The molecule has 1 amide bonds. The third-order valence-corrected chi connectivity index (χ3v) is 3.82. The summed E-state index contributed by atoms with van der Waals surface area (Å²) in [7, 11) is 0. The van der Waals surface area contributed by atoms with Gasteiger partial charge in [0, 0.05) is 29.3 Å². The second-order valence-corrected chi connectivity index (χ2v) is 5.26. The number of nitrogens with one attached hydrogen (secondary N) is 1. The Morgan fingerprint density at radius 1 is 1.23 bits per heavy atom. The molecular formula is C18H17FN2O. The van der Waals surface area contributed by atoms with Crippen molar-refractivity contribution in [3.05, 3.63) is 65.6 Å². The number of fused-ring (bicyclic) bond motifs is 1. The van der Waals surface area contributed by atoms with Gasteiger partial charge in [-0.25, -0.2) is 4.39 Å². The third kappa shape index (κ3) is 2.48. The lowest BCUT2D eigenvalue weighted by molar-refractivity contribution is 0.102. The zero-order chi connectivity index (χ0) is 15.7. The first-order chi connectivity index (χ1) is 10.6. The molecule has 0 atom stereocenters. The lowest BCUT2D eigenvalue weighted by atomic mass is 10.1. The second kappa shape index (κ2) is 5.64. The van der Waals surface area contributed by atoms with E-state index in [9.17, 15) is 9.18 Å². The number of benzene rings is 2. The van der Waals surface area contributed by atoms with E-state index in [1.807, 2.05) is 48.9 Å². The first-order valence-electron chi connectivity index (χ1n) is 7.25. The number of hydrogen-bond donors (Lipinski definition) is 1. The SMILES string of the molecule is CCn1cc(C(=O)Nc2cc(F)ccc2C)c2ccccc21. The van der Waals surface area contributed by atoms with Crippen LogP contribution >= 0.6 is 0 Å². The summed E-state index contributed by atoms with van der Waals surface area (Å²) in [6, 6.07) is 12.2. The summed E-state index contributed by atoms with van der Waals surface area (Å²) in [6.07, 6.45) is 1.84. The minimum absolute atomic E-state index is 0.225. The van der Waals surface area contributed by atoms with Gasteiger partial charge in [0.15, 0.2) is 0 Å². The summed E-state index contributed by atoms with van der Waals surface area (Å²) < 4.78 is 15.4. The molecule has 22 heavy (non-hydrogen) atoms. The lowest BCUT2D eigenvalue weighted by Crippen LogP contribution is -2.12. The average Bonchev–Trinajstić information content (AvgIpc) is 2.90. The van der Waals surface area contributed by atoms with E-state index in [0.29, 0.717) is 11.3 Å². The first-order valence-corrected chi connectivity index (χ1v) is 7.25. The van der Waals surface area contributed by atoms with Crippen molar-refractivity contribution < 1.29 is 9.18 Å². The van der Waals surface area contributed by atoms with Crippen LogP contribution < -0.4 is 5.32 Å². The Morgan fingerprint density at radius 2 is 2.00 bits per heavy atom. The van der Waals surface area contributed by atoms with Crippen LogP contribution in [0.5, 0.6) is 0 Å². The Labute approximate surface area is 128 Å². The van der Waals surface area contributed by atoms with Crippen molar-refractivity contribution in [2.24, 2.45) is 0 Å². The highest BCUT2D eigenvalue weighted by molar-refractivity contribution is 6.13. The number of carbonyl (C=O) groups excluding carboxylic acids is 1. The molecule has 2 aromatic carbocycles. The molecule has 0 saturated carbocycles. The van der Waals surface area contributed by atoms with Crippen molar-refractivity contribution in [3.8, 4) is 0 Å². The van der Waals surface area contributed by atoms with E-state index in [-0.39, 0.29) is 11.7 Å². The molecule has 3 rings (SSSR count). The van der Waals surface area contributed by atoms with E-state index < -0.39 is 0 Å². The summed E-state index contributed by atoms with van der Waals surface area (Å²) in [5.41, 5.74) is 2.94. The number of para-hydroxylation sites is 1. The van der Waals surface area contributed by atoms with Gasteiger partial charge in [-0.1, -0.05) is 24.3 Å². The molecule has 1 aromatic heterocycles. The molecule has 0 aliphatic rings. The molecule has 1 heterocycles. The number of nitrogens with zero attached hydrogens (tertiary/aromatic N) is 1.